The third kappa shape index (κ3) is 4.91. The molecule has 0 atom stereocenters. The zero-order chi connectivity index (χ0) is 19.2. The molecule has 3 rings (SSSR count). The Hall–Kier alpha value is -3.22. The molecule has 2 aromatic rings. The lowest BCUT2D eigenvalue weighted by Crippen LogP contribution is -2.27. The summed E-state index contributed by atoms with van der Waals surface area (Å²) in [6.07, 6.45) is 4.62. The van der Waals surface area contributed by atoms with Gasteiger partial charge in [0.25, 0.3) is 5.91 Å². The molecule has 0 spiro atoms. The minimum atomic E-state index is -1.18. The summed E-state index contributed by atoms with van der Waals surface area (Å²) < 4.78 is 0. The fraction of sp³-hybridized carbons (Fsp3) is 0.300. The highest BCUT2D eigenvalue weighted by Crippen LogP contribution is 2.15. The van der Waals surface area contributed by atoms with Gasteiger partial charge in [-0.15, -0.1) is 0 Å². The number of pyridine rings is 1. The Kier molecular flexibility index (Phi) is 5.80. The van der Waals surface area contributed by atoms with Gasteiger partial charge in [0.05, 0.1) is 0 Å². The molecular formula is C20H21N3O4. The number of aryl methyl sites for hydroxylation is 1. The largest absolute Gasteiger partial charge is 0.477 e. The van der Waals surface area contributed by atoms with Crippen molar-refractivity contribution in [3.05, 3.63) is 59.4 Å². The van der Waals surface area contributed by atoms with E-state index in [4.69, 9.17) is 5.11 Å². The van der Waals surface area contributed by atoms with Crippen molar-refractivity contribution in [2.75, 3.05) is 18.4 Å². The molecule has 2 heterocycles. The van der Waals surface area contributed by atoms with Gasteiger partial charge in [-0.05, 0) is 49.1 Å². The Labute approximate surface area is 157 Å². The fourth-order valence-electron chi connectivity index (χ4n) is 3.02. The Balaban J connectivity index is 1.55. The SMILES string of the molecule is O=C(Nc1ccc(CCC(=O)N2CCCC2)cc1)c1ccnc(C(=O)O)c1. The van der Waals surface area contributed by atoms with Gasteiger partial charge in [0.1, 0.15) is 5.69 Å². The molecule has 1 aliphatic heterocycles. The van der Waals surface area contributed by atoms with Crippen LogP contribution in [0.5, 0.6) is 0 Å². The summed E-state index contributed by atoms with van der Waals surface area (Å²) in [4.78, 5) is 40.9. The zero-order valence-corrected chi connectivity index (χ0v) is 14.9. The first-order valence-electron chi connectivity index (χ1n) is 8.90. The Morgan fingerprint density at radius 1 is 1.07 bits per heavy atom. The molecule has 1 fully saturated rings. The van der Waals surface area contributed by atoms with Crippen LogP contribution in [0.15, 0.2) is 42.6 Å². The van der Waals surface area contributed by atoms with Crippen molar-refractivity contribution >= 4 is 23.5 Å². The lowest BCUT2D eigenvalue weighted by Gasteiger charge is -2.15. The molecule has 7 nitrogen and oxygen atoms in total. The Bertz CT molecular complexity index is 843. The summed E-state index contributed by atoms with van der Waals surface area (Å²) >= 11 is 0. The van der Waals surface area contributed by atoms with Gasteiger partial charge in [-0.1, -0.05) is 12.1 Å². The minimum absolute atomic E-state index is 0.180. The van der Waals surface area contributed by atoms with Gasteiger partial charge in [0.2, 0.25) is 5.91 Å². The standard InChI is InChI=1S/C20H21N3O4/c24-18(23-11-1-2-12-23)8-5-14-3-6-16(7-4-14)22-19(25)15-9-10-21-17(13-15)20(26)27/h3-4,6-7,9-10,13H,1-2,5,8,11-12H2,(H,22,25)(H,26,27). The predicted octanol–water partition coefficient (Wildman–Crippen LogP) is 2.59. The van der Waals surface area contributed by atoms with Crippen LogP contribution < -0.4 is 5.32 Å². The predicted molar refractivity (Wildman–Crippen MR) is 99.7 cm³/mol. The zero-order valence-electron chi connectivity index (χ0n) is 14.9. The van der Waals surface area contributed by atoms with E-state index in [0.717, 1.165) is 31.5 Å². The van der Waals surface area contributed by atoms with E-state index < -0.39 is 11.9 Å². The third-order valence-corrected chi connectivity index (χ3v) is 4.54. The van der Waals surface area contributed by atoms with E-state index in [2.05, 4.69) is 10.3 Å². The van der Waals surface area contributed by atoms with Gasteiger partial charge in [0, 0.05) is 37.0 Å². The summed E-state index contributed by atoms with van der Waals surface area (Å²) in [5.41, 5.74) is 1.67. The van der Waals surface area contributed by atoms with Crippen LogP contribution >= 0.6 is 0 Å². The molecule has 0 radical (unpaired) electrons. The maximum atomic E-state index is 12.3. The minimum Gasteiger partial charge on any atom is -0.477 e. The molecule has 1 saturated heterocycles. The average Bonchev–Trinajstić information content (AvgIpc) is 3.22. The molecule has 0 bridgehead atoms. The number of benzene rings is 1. The number of aromatic nitrogens is 1. The van der Waals surface area contributed by atoms with Crippen LogP contribution in [-0.2, 0) is 11.2 Å². The van der Waals surface area contributed by atoms with Gasteiger partial charge >= 0.3 is 5.97 Å². The molecular weight excluding hydrogens is 346 g/mol. The van der Waals surface area contributed by atoms with Gasteiger partial charge in [-0.3, -0.25) is 9.59 Å². The maximum absolute atomic E-state index is 12.3. The lowest BCUT2D eigenvalue weighted by molar-refractivity contribution is -0.130. The topological polar surface area (TPSA) is 99.6 Å². The van der Waals surface area contributed by atoms with Crippen molar-refractivity contribution in [3.8, 4) is 0 Å². The first kappa shape index (κ1) is 18.6. The van der Waals surface area contributed by atoms with E-state index >= 15 is 0 Å². The highest BCUT2D eigenvalue weighted by Gasteiger charge is 2.17. The number of carboxylic acids is 1. The van der Waals surface area contributed by atoms with Crippen molar-refractivity contribution in [1.29, 1.82) is 0 Å². The lowest BCUT2D eigenvalue weighted by atomic mass is 10.1. The summed E-state index contributed by atoms with van der Waals surface area (Å²) in [5, 5.41) is 11.7. The van der Waals surface area contributed by atoms with Crippen molar-refractivity contribution in [2.24, 2.45) is 0 Å². The maximum Gasteiger partial charge on any atom is 0.354 e. The van der Waals surface area contributed by atoms with Gasteiger partial charge in [-0.25, -0.2) is 9.78 Å². The van der Waals surface area contributed by atoms with E-state index in [1.54, 1.807) is 12.1 Å². The number of carboxylic acid groups (broad SMARTS) is 1. The molecule has 2 N–H and O–H groups in total. The van der Waals surface area contributed by atoms with E-state index in [9.17, 15) is 14.4 Å². The van der Waals surface area contributed by atoms with Gasteiger partial charge in [0.15, 0.2) is 0 Å². The molecule has 2 amide bonds. The van der Waals surface area contributed by atoms with Crippen LogP contribution in [0.1, 0.15) is 45.7 Å². The van der Waals surface area contributed by atoms with Gasteiger partial charge in [-0.2, -0.15) is 0 Å². The first-order chi connectivity index (χ1) is 13.0. The number of likely N-dealkylation sites (tertiary alicyclic amines) is 1. The highest BCUT2D eigenvalue weighted by atomic mass is 16.4. The number of nitrogens with one attached hydrogen (secondary N) is 1. The number of carbonyl (C=O) groups excluding carboxylic acids is 2. The van der Waals surface area contributed by atoms with Crippen LogP contribution in [0, 0.1) is 0 Å². The number of amides is 2. The number of hydrogen-bond acceptors (Lipinski definition) is 4. The molecule has 1 aliphatic rings. The van der Waals surface area contributed by atoms with Crippen LogP contribution in [0.25, 0.3) is 0 Å². The van der Waals surface area contributed by atoms with Gasteiger partial charge < -0.3 is 15.3 Å². The number of aromatic carboxylic acids is 1. The van der Waals surface area contributed by atoms with E-state index in [1.807, 2.05) is 17.0 Å². The molecule has 7 heteroatoms. The number of hydrogen-bond donors (Lipinski definition) is 2. The van der Waals surface area contributed by atoms with Crippen molar-refractivity contribution in [2.45, 2.75) is 25.7 Å². The van der Waals surface area contributed by atoms with Crippen LogP contribution in [0.2, 0.25) is 0 Å². The van der Waals surface area contributed by atoms with E-state index in [-0.39, 0.29) is 17.2 Å². The van der Waals surface area contributed by atoms with Crippen LogP contribution in [-0.4, -0.2) is 45.9 Å². The highest BCUT2D eigenvalue weighted by molar-refractivity contribution is 6.05. The Morgan fingerprint density at radius 3 is 2.44 bits per heavy atom. The van der Waals surface area contributed by atoms with E-state index in [0.29, 0.717) is 18.5 Å². The molecule has 1 aromatic heterocycles. The smallest absolute Gasteiger partial charge is 0.354 e. The number of anilines is 1. The third-order valence-electron chi connectivity index (χ3n) is 4.54. The van der Waals surface area contributed by atoms with Crippen LogP contribution in [0.3, 0.4) is 0 Å². The second kappa shape index (κ2) is 8.44. The second-order valence-electron chi connectivity index (χ2n) is 6.47. The quantitative estimate of drug-likeness (QED) is 0.817. The number of carbonyl (C=O) groups is 3. The fourth-order valence-corrected chi connectivity index (χ4v) is 3.02. The second-order valence-corrected chi connectivity index (χ2v) is 6.47. The van der Waals surface area contributed by atoms with E-state index in [1.165, 1.54) is 18.3 Å². The normalized spacial score (nSPS) is 13.4. The van der Waals surface area contributed by atoms with Crippen LogP contribution in [0.4, 0.5) is 5.69 Å². The summed E-state index contributed by atoms with van der Waals surface area (Å²) in [5.74, 6) is -1.40. The molecule has 0 aliphatic carbocycles. The summed E-state index contributed by atoms with van der Waals surface area (Å²) in [7, 11) is 0. The molecule has 140 valence electrons. The molecule has 0 unspecified atom stereocenters. The van der Waals surface area contributed by atoms with Crippen molar-refractivity contribution < 1.29 is 19.5 Å². The summed E-state index contributed by atoms with van der Waals surface area (Å²) in [6, 6.07) is 9.99. The average molecular weight is 367 g/mol. The molecule has 27 heavy (non-hydrogen) atoms. The summed E-state index contributed by atoms with van der Waals surface area (Å²) in [6.45, 7) is 1.73. The monoisotopic (exact) mass is 367 g/mol. The molecule has 0 saturated carbocycles. The van der Waals surface area contributed by atoms with Crippen molar-refractivity contribution in [1.82, 2.24) is 9.88 Å². The number of nitrogens with zero attached hydrogens (tertiary/aromatic N) is 2. The first-order valence-corrected chi connectivity index (χ1v) is 8.90. The van der Waals surface area contributed by atoms with Crippen molar-refractivity contribution in [3.63, 3.8) is 0 Å². The Morgan fingerprint density at radius 2 is 1.78 bits per heavy atom. The molecule has 1 aromatic carbocycles. The number of rotatable bonds is 6.